The van der Waals surface area contributed by atoms with E-state index in [9.17, 15) is 10.2 Å². The van der Waals surface area contributed by atoms with Gasteiger partial charge in [0, 0.05) is 44.2 Å². The van der Waals surface area contributed by atoms with Gasteiger partial charge >= 0.3 is 6.01 Å². The summed E-state index contributed by atoms with van der Waals surface area (Å²) in [4.78, 5) is 11.9. The molecule has 12 nitrogen and oxygen atoms in total. The lowest BCUT2D eigenvalue weighted by Crippen LogP contribution is -2.35. The van der Waals surface area contributed by atoms with Crippen LogP contribution in [0.25, 0.3) is 22.4 Å². The zero-order chi connectivity index (χ0) is 33.1. The van der Waals surface area contributed by atoms with Gasteiger partial charge in [-0.1, -0.05) is 43.4 Å². The monoisotopic (exact) mass is 682 g/mol. The van der Waals surface area contributed by atoms with Crippen molar-refractivity contribution < 1.29 is 29.2 Å². The van der Waals surface area contributed by atoms with Crippen molar-refractivity contribution in [2.24, 2.45) is 0 Å². The van der Waals surface area contributed by atoms with Crippen LogP contribution in [0.15, 0.2) is 36.5 Å². The summed E-state index contributed by atoms with van der Waals surface area (Å²) in [6.45, 7) is 13.8. The molecule has 0 radical (unpaired) electrons. The summed E-state index contributed by atoms with van der Waals surface area (Å²) in [6.07, 6.45) is 0.149. The number of hydrogen-bond acceptors (Lipinski definition) is 10. The van der Waals surface area contributed by atoms with E-state index < -0.39 is 32.0 Å². The van der Waals surface area contributed by atoms with Crippen molar-refractivity contribution in [2.45, 2.75) is 95.9 Å². The molecule has 0 amide bonds. The molecular weight excluding hydrogens is 640 g/mol. The van der Waals surface area contributed by atoms with Gasteiger partial charge in [0.25, 0.3) is 0 Å². The quantitative estimate of drug-likeness (QED) is 0.173. The van der Waals surface area contributed by atoms with Crippen LogP contribution in [-0.4, -0.2) is 92.4 Å². The maximum atomic E-state index is 10.2. The van der Waals surface area contributed by atoms with Gasteiger partial charge in [-0.25, -0.2) is 4.98 Å². The number of halogens is 1. The molecule has 0 spiro atoms. The van der Waals surface area contributed by atoms with Gasteiger partial charge in [-0.3, -0.25) is 9.25 Å². The average molecular weight is 683 g/mol. The van der Waals surface area contributed by atoms with Crippen molar-refractivity contribution in [1.29, 1.82) is 0 Å². The number of benzene rings is 1. The fraction of sp³-hybridized carbons (Fsp3) is 0.545. The third-order valence-corrected chi connectivity index (χ3v) is 10.8. The van der Waals surface area contributed by atoms with E-state index >= 15 is 0 Å². The number of fused-ring (bicyclic) bond motifs is 3. The summed E-state index contributed by atoms with van der Waals surface area (Å²) in [6, 6.07) is 11.4. The first-order chi connectivity index (χ1) is 22.3. The molecule has 3 aromatic heterocycles. The van der Waals surface area contributed by atoms with Crippen LogP contribution in [0.1, 0.15) is 25.1 Å². The molecule has 0 saturated carbocycles. The van der Waals surface area contributed by atoms with E-state index in [2.05, 4.69) is 41.8 Å². The van der Waals surface area contributed by atoms with Gasteiger partial charge in [0.2, 0.25) is 0 Å². The van der Waals surface area contributed by atoms with E-state index in [4.69, 9.17) is 40.5 Å². The van der Waals surface area contributed by atoms with Crippen LogP contribution >= 0.6 is 11.6 Å². The number of aromatic nitrogens is 5. The molecule has 1 aromatic carbocycles. The highest BCUT2D eigenvalue weighted by Gasteiger charge is 2.49. The normalized spacial score (nSPS) is 22.8. The Balaban J connectivity index is 1.11. The van der Waals surface area contributed by atoms with Crippen molar-refractivity contribution in [3.8, 4) is 17.3 Å². The fourth-order valence-corrected chi connectivity index (χ4v) is 7.35. The first kappa shape index (κ1) is 32.5. The molecule has 14 heteroatoms. The SMILES string of the molecule is CC(C)(O)Cn1cc2c(n1)CN(c1ccc(-c3nc4nc(O[C@@H]5CO[C@H]6[C@@H]5OC[C@H]6O)n(COCC[Si](C)(C)C)c4cc3Cl)cc1)C2. The van der Waals surface area contributed by atoms with Gasteiger partial charge in [-0.05, 0) is 38.1 Å². The predicted molar refractivity (Wildman–Crippen MR) is 180 cm³/mol. The van der Waals surface area contributed by atoms with Crippen LogP contribution in [0, 0.1) is 0 Å². The second-order valence-electron chi connectivity index (χ2n) is 14.7. The van der Waals surface area contributed by atoms with Crippen molar-refractivity contribution in [3.63, 3.8) is 0 Å². The minimum Gasteiger partial charge on any atom is -0.456 e. The molecule has 3 aliphatic rings. The van der Waals surface area contributed by atoms with Crippen LogP contribution in [0.5, 0.6) is 6.01 Å². The highest BCUT2D eigenvalue weighted by Crippen LogP contribution is 2.35. The summed E-state index contributed by atoms with van der Waals surface area (Å²) in [7, 11) is -1.27. The molecular formula is C33H43ClN6O6Si. The maximum Gasteiger partial charge on any atom is 0.301 e. The number of imidazole rings is 1. The third-order valence-electron chi connectivity index (χ3n) is 8.80. The lowest BCUT2D eigenvalue weighted by Gasteiger charge is -2.20. The molecule has 0 aliphatic carbocycles. The topological polar surface area (TPSA) is 129 Å². The van der Waals surface area contributed by atoms with Crippen LogP contribution < -0.4 is 9.64 Å². The first-order valence-electron chi connectivity index (χ1n) is 16.2. The number of nitrogens with zero attached hydrogens (tertiary/aromatic N) is 6. The van der Waals surface area contributed by atoms with Gasteiger partial charge in [-0.2, -0.15) is 10.1 Å². The Kier molecular flexibility index (Phi) is 8.60. The molecule has 4 atom stereocenters. The molecule has 252 valence electrons. The molecule has 3 aliphatic heterocycles. The van der Waals surface area contributed by atoms with Gasteiger partial charge < -0.3 is 34.1 Å². The van der Waals surface area contributed by atoms with Crippen molar-refractivity contribution in [3.05, 3.63) is 52.8 Å². The van der Waals surface area contributed by atoms with E-state index in [0.29, 0.717) is 54.2 Å². The van der Waals surface area contributed by atoms with Gasteiger partial charge in [0.05, 0.1) is 53.8 Å². The molecule has 7 rings (SSSR count). The van der Waals surface area contributed by atoms with Crippen LogP contribution in [0.4, 0.5) is 5.69 Å². The van der Waals surface area contributed by atoms with E-state index in [1.165, 1.54) is 5.56 Å². The Morgan fingerprint density at radius 3 is 2.55 bits per heavy atom. The summed E-state index contributed by atoms with van der Waals surface area (Å²) >= 11 is 6.89. The van der Waals surface area contributed by atoms with E-state index in [1.54, 1.807) is 13.8 Å². The minimum absolute atomic E-state index is 0.219. The predicted octanol–water partition coefficient (Wildman–Crippen LogP) is 4.46. The number of ether oxygens (including phenoxy) is 4. The molecule has 4 aromatic rings. The summed E-state index contributed by atoms with van der Waals surface area (Å²) in [5.41, 5.74) is 5.15. The van der Waals surface area contributed by atoms with Crippen molar-refractivity contribution >= 4 is 36.5 Å². The Bertz CT molecular complexity index is 1730. The molecule has 2 saturated heterocycles. The zero-order valence-electron chi connectivity index (χ0n) is 27.5. The van der Waals surface area contributed by atoms with Gasteiger partial charge in [0.1, 0.15) is 25.0 Å². The second-order valence-corrected chi connectivity index (χ2v) is 20.7. The Hall–Kier alpha value is -3.04. The molecule has 47 heavy (non-hydrogen) atoms. The molecule has 0 unspecified atom stereocenters. The number of aliphatic hydroxyl groups is 2. The van der Waals surface area contributed by atoms with Crippen LogP contribution in [0.2, 0.25) is 30.7 Å². The molecule has 6 heterocycles. The van der Waals surface area contributed by atoms with Crippen molar-refractivity contribution in [2.75, 3.05) is 24.7 Å². The Labute approximate surface area is 280 Å². The Morgan fingerprint density at radius 1 is 1.06 bits per heavy atom. The van der Waals surface area contributed by atoms with Crippen LogP contribution in [0.3, 0.4) is 0 Å². The molecule has 2 fully saturated rings. The smallest absolute Gasteiger partial charge is 0.301 e. The highest BCUT2D eigenvalue weighted by atomic mass is 35.5. The van der Waals surface area contributed by atoms with Crippen molar-refractivity contribution in [1.82, 2.24) is 24.3 Å². The number of rotatable bonds is 11. The first-order valence-corrected chi connectivity index (χ1v) is 20.3. The summed E-state index contributed by atoms with van der Waals surface area (Å²) < 4.78 is 27.7. The highest BCUT2D eigenvalue weighted by molar-refractivity contribution is 6.76. The van der Waals surface area contributed by atoms with E-state index in [0.717, 1.165) is 29.5 Å². The lowest BCUT2D eigenvalue weighted by molar-refractivity contribution is 0.00339. The standard InChI is InChI=1S/C33H43ClN6O6Si/c1-33(2,42)18-39-14-21-13-38(15-24(21)37-39)22-8-6-20(7-9-22)28-23(34)12-25-31(35-28)36-32(40(25)19-43-10-11-47(3,4)5)46-27-17-45-29-26(41)16-44-30(27)29/h6-9,12,14,26-27,29-30,41-42H,10-11,13,15-19H2,1-5H3/t26-,27-,29-,30-/m1/s1. The summed E-state index contributed by atoms with van der Waals surface area (Å²) in [5.74, 6) is 0. The lowest BCUT2D eigenvalue weighted by atomic mass is 10.1. The number of hydrogen-bond donors (Lipinski definition) is 2. The second kappa shape index (κ2) is 12.4. The molecule has 0 bridgehead atoms. The number of aliphatic hydroxyl groups excluding tert-OH is 1. The van der Waals surface area contributed by atoms with E-state index in [1.807, 2.05) is 33.6 Å². The largest absolute Gasteiger partial charge is 0.456 e. The van der Waals surface area contributed by atoms with Gasteiger partial charge in [-0.15, -0.1) is 0 Å². The zero-order valence-corrected chi connectivity index (χ0v) is 29.3. The van der Waals surface area contributed by atoms with Gasteiger partial charge in [0.15, 0.2) is 11.8 Å². The van der Waals surface area contributed by atoms with Crippen LogP contribution in [-0.2, 0) is 40.6 Å². The molecule has 2 N–H and O–H groups in total. The average Bonchev–Trinajstić information content (AvgIpc) is 3.79. The third kappa shape index (κ3) is 6.93. The summed E-state index contributed by atoms with van der Waals surface area (Å²) in [5, 5.41) is 25.5. The Morgan fingerprint density at radius 2 is 1.83 bits per heavy atom. The number of anilines is 1. The minimum atomic E-state index is -1.27. The van der Waals surface area contributed by atoms with E-state index in [-0.39, 0.29) is 19.4 Å². The fourth-order valence-electron chi connectivity index (χ4n) is 6.34. The maximum absolute atomic E-state index is 10.2. The number of pyridine rings is 1.